The average Bonchev–Trinajstić information content (AvgIpc) is 2.84. The topological polar surface area (TPSA) is 75.5 Å². The quantitative estimate of drug-likeness (QED) is 0.678. The molecule has 1 aliphatic rings. The number of nitro benzene ring substituents is 1. The molecule has 2 rings (SSSR count). The SMILES string of the molecule is CN1CCCC1CNC(=O)c1cc(F)c(F)cc1[N+](=O)[O-]. The van der Waals surface area contributed by atoms with Crippen LogP contribution in [0.2, 0.25) is 0 Å². The van der Waals surface area contributed by atoms with Crippen LogP contribution in [-0.4, -0.2) is 41.9 Å². The van der Waals surface area contributed by atoms with Crippen LogP contribution in [0.15, 0.2) is 12.1 Å². The van der Waals surface area contributed by atoms with Crippen LogP contribution >= 0.6 is 0 Å². The maximum Gasteiger partial charge on any atom is 0.285 e. The largest absolute Gasteiger partial charge is 0.350 e. The van der Waals surface area contributed by atoms with Crippen LogP contribution in [0.3, 0.4) is 0 Å². The van der Waals surface area contributed by atoms with Crippen molar-refractivity contribution in [3.63, 3.8) is 0 Å². The van der Waals surface area contributed by atoms with Gasteiger partial charge in [0.15, 0.2) is 11.6 Å². The Morgan fingerprint density at radius 3 is 2.71 bits per heavy atom. The zero-order chi connectivity index (χ0) is 15.6. The molecule has 1 aromatic rings. The second-order valence-electron chi connectivity index (χ2n) is 5.03. The number of likely N-dealkylation sites (tertiary alicyclic amines) is 1. The summed E-state index contributed by atoms with van der Waals surface area (Å²) in [6, 6.07) is 1.13. The van der Waals surface area contributed by atoms with Gasteiger partial charge in [0.2, 0.25) is 0 Å². The normalized spacial score (nSPS) is 18.7. The fraction of sp³-hybridized carbons (Fsp3) is 0.462. The fourth-order valence-electron chi connectivity index (χ4n) is 2.41. The Morgan fingerprint density at radius 1 is 1.48 bits per heavy atom. The molecule has 8 heteroatoms. The second kappa shape index (κ2) is 6.13. The Balaban J connectivity index is 2.14. The third-order valence-corrected chi connectivity index (χ3v) is 3.65. The molecule has 1 N–H and O–H groups in total. The molecule has 0 spiro atoms. The molecule has 0 bridgehead atoms. The van der Waals surface area contributed by atoms with E-state index in [1.807, 2.05) is 7.05 Å². The van der Waals surface area contributed by atoms with Gasteiger partial charge in [-0.25, -0.2) is 8.78 Å². The van der Waals surface area contributed by atoms with Gasteiger partial charge in [-0.2, -0.15) is 0 Å². The van der Waals surface area contributed by atoms with E-state index in [0.717, 1.165) is 19.4 Å². The zero-order valence-electron chi connectivity index (χ0n) is 11.4. The number of likely N-dealkylation sites (N-methyl/N-ethyl adjacent to an activating group) is 1. The summed E-state index contributed by atoms with van der Waals surface area (Å²) in [5.74, 6) is -3.42. The summed E-state index contributed by atoms with van der Waals surface area (Å²) in [6.07, 6.45) is 1.93. The van der Waals surface area contributed by atoms with Crippen LogP contribution in [-0.2, 0) is 0 Å². The van der Waals surface area contributed by atoms with Gasteiger partial charge in [-0.1, -0.05) is 0 Å². The highest BCUT2D eigenvalue weighted by atomic mass is 19.2. The summed E-state index contributed by atoms with van der Waals surface area (Å²) in [5.41, 5.74) is -1.22. The van der Waals surface area contributed by atoms with E-state index in [2.05, 4.69) is 10.2 Å². The summed E-state index contributed by atoms with van der Waals surface area (Å²) in [4.78, 5) is 24.0. The molecule has 0 aromatic heterocycles. The van der Waals surface area contributed by atoms with Crippen molar-refractivity contribution in [2.45, 2.75) is 18.9 Å². The minimum Gasteiger partial charge on any atom is -0.350 e. The standard InChI is InChI=1S/C13H15F2N3O3/c1-17-4-2-3-8(17)7-16-13(19)9-5-10(14)11(15)6-12(9)18(20)21/h5-6,8H,2-4,7H2,1H3,(H,16,19). The van der Waals surface area contributed by atoms with Crippen molar-refractivity contribution in [2.75, 3.05) is 20.1 Å². The summed E-state index contributed by atoms with van der Waals surface area (Å²) in [7, 11) is 1.92. The van der Waals surface area contributed by atoms with Gasteiger partial charge in [0.1, 0.15) is 5.56 Å². The first-order chi connectivity index (χ1) is 9.90. The predicted octanol–water partition coefficient (Wildman–Crippen LogP) is 1.70. The molecule has 0 aliphatic carbocycles. The Morgan fingerprint density at radius 2 is 2.14 bits per heavy atom. The third-order valence-electron chi connectivity index (χ3n) is 3.65. The van der Waals surface area contributed by atoms with E-state index in [-0.39, 0.29) is 6.04 Å². The lowest BCUT2D eigenvalue weighted by molar-refractivity contribution is -0.385. The molecular weight excluding hydrogens is 284 g/mol. The van der Waals surface area contributed by atoms with E-state index in [1.54, 1.807) is 0 Å². The molecule has 6 nitrogen and oxygen atoms in total. The van der Waals surface area contributed by atoms with Crippen molar-refractivity contribution in [1.29, 1.82) is 0 Å². The van der Waals surface area contributed by atoms with Crippen molar-refractivity contribution < 1.29 is 18.5 Å². The van der Waals surface area contributed by atoms with Gasteiger partial charge in [-0.15, -0.1) is 0 Å². The molecule has 1 fully saturated rings. The van der Waals surface area contributed by atoms with Crippen molar-refractivity contribution in [1.82, 2.24) is 10.2 Å². The summed E-state index contributed by atoms with van der Waals surface area (Å²) in [6.45, 7) is 1.23. The summed E-state index contributed by atoms with van der Waals surface area (Å²) >= 11 is 0. The maximum atomic E-state index is 13.2. The van der Waals surface area contributed by atoms with E-state index in [1.165, 1.54) is 0 Å². The van der Waals surface area contributed by atoms with Crippen molar-refractivity contribution in [2.24, 2.45) is 0 Å². The van der Waals surface area contributed by atoms with Gasteiger partial charge in [-0.3, -0.25) is 14.9 Å². The maximum absolute atomic E-state index is 13.2. The molecule has 1 saturated heterocycles. The molecule has 21 heavy (non-hydrogen) atoms. The number of amides is 1. The molecule has 0 radical (unpaired) electrons. The second-order valence-corrected chi connectivity index (χ2v) is 5.03. The van der Waals surface area contributed by atoms with Gasteiger partial charge >= 0.3 is 0 Å². The number of nitro groups is 1. The van der Waals surface area contributed by atoms with E-state index in [0.29, 0.717) is 18.7 Å². The molecule has 0 saturated carbocycles. The molecule has 1 atom stereocenters. The average molecular weight is 299 g/mol. The van der Waals surface area contributed by atoms with Crippen LogP contribution in [0, 0.1) is 21.7 Å². The van der Waals surface area contributed by atoms with E-state index in [9.17, 15) is 23.7 Å². The summed E-state index contributed by atoms with van der Waals surface area (Å²) in [5, 5.41) is 13.4. The smallest absolute Gasteiger partial charge is 0.285 e. The highest BCUT2D eigenvalue weighted by Gasteiger charge is 2.26. The highest BCUT2D eigenvalue weighted by Crippen LogP contribution is 2.22. The molecule has 1 aliphatic heterocycles. The number of carbonyl (C=O) groups is 1. The first-order valence-electron chi connectivity index (χ1n) is 6.52. The monoisotopic (exact) mass is 299 g/mol. The fourth-order valence-corrected chi connectivity index (χ4v) is 2.41. The van der Waals surface area contributed by atoms with E-state index < -0.39 is 33.7 Å². The minimum atomic E-state index is -1.35. The molecule has 1 heterocycles. The lowest BCUT2D eigenvalue weighted by atomic mass is 10.1. The van der Waals surface area contributed by atoms with E-state index >= 15 is 0 Å². The van der Waals surface area contributed by atoms with Crippen LogP contribution in [0.4, 0.5) is 14.5 Å². The number of hydrogen-bond acceptors (Lipinski definition) is 4. The number of hydrogen-bond donors (Lipinski definition) is 1. The van der Waals surface area contributed by atoms with Crippen molar-refractivity contribution in [3.05, 3.63) is 39.4 Å². The van der Waals surface area contributed by atoms with Gasteiger partial charge in [-0.05, 0) is 32.5 Å². The van der Waals surface area contributed by atoms with Crippen LogP contribution in [0.5, 0.6) is 0 Å². The molecule has 1 unspecified atom stereocenters. The summed E-state index contributed by atoms with van der Waals surface area (Å²) < 4.78 is 26.2. The van der Waals surface area contributed by atoms with Crippen LogP contribution in [0.1, 0.15) is 23.2 Å². The number of halogens is 2. The van der Waals surface area contributed by atoms with Crippen molar-refractivity contribution >= 4 is 11.6 Å². The number of carbonyl (C=O) groups excluding carboxylic acids is 1. The minimum absolute atomic E-state index is 0.151. The number of nitrogens with zero attached hydrogens (tertiary/aromatic N) is 2. The number of rotatable bonds is 4. The Bertz CT molecular complexity index is 580. The van der Waals surface area contributed by atoms with Gasteiger partial charge < -0.3 is 10.2 Å². The van der Waals surface area contributed by atoms with Gasteiger partial charge in [0.25, 0.3) is 11.6 Å². The molecule has 114 valence electrons. The van der Waals surface area contributed by atoms with Crippen molar-refractivity contribution in [3.8, 4) is 0 Å². The lowest BCUT2D eigenvalue weighted by Crippen LogP contribution is -2.38. The number of nitrogens with one attached hydrogen (secondary N) is 1. The molecular formula is C13H15F2N3O3. The Hall–Kier alpha value is -2.09. The third kappa shape index (κ3) is 3.33. The van der Waals surface area contributed by atoms with Crippen LogP contribution < -0.4 is 5.32 Å². The van der Waals surface area contributed by atoms with Gasteiger partial charge in [0, 0.05) is 12.6 Å². The Kier molecular flexibility index (Phi) is 4.46. The zero-order valence-corrected chi connectivity index (χ0v) is 11.4. The van der Waals surface area contributed by atoms with E-state index in [4.69, 9.17) is 0 Å². The first kappa shape index (κ1) is 15.3. The molecule has 1 amide bonds. The number of benzene rings is 1. The predicted molar refractivity (Wildman–Crippen MR) is 71.0 cm³/mol. The Labute approximate surface area is 119 Å². The lowest BCUT2D eigenvalue weighted by Gasteiger charge is -2.19. The molecule has 1 aromatic carbocycles. The van der Waals surface area contributed by atoms with Crippen LogP contribution in [0.25, 0.3) is 0 Å². The highest BCUT2D eigenvalue weighted by molar-refractivity contribution is 5.98. The first-order valence-corrected chi connectivity index (χ1v) is 6.52. The van der Waals surface area contributed by atoms with Gasteiger partial charge in [0.05, 0.1) is 11.0 Å².